The summed E-state index contributed by atoms with van der Waals surface area (Å²) in [4.78, 5) is 13.3. The molecule has 0 saturated heterocycles. The molecule has 9 heteroatoms. The number of rotatable bonds is 4. The highest BCUT2D eigenvalue weighted by molar-refractivity contribution is 9.10. The fourth-order valence-electron chi connectivity index (χ4n) is 2.48. The molecule has 0 aliphatic rings. The van der Waals surface area contributed by atoms with Gasteiger partial charge in [0.1, 0.15) is 5.82 Å². The molecule has 1 aromatic carbocycles. The van der Waals surface area contributed by atoms with Crippen LogP contribution in [0.5, 0.6) is 0 Å². The van der Waals surface area contributed by atoms with E-state index >= 15 is 0 Å². The minimum atomic E-state index is -4.41. The molecule has 0 spiro atoms. The Bertz CT molecular complexity index is 1000. The van der Waals surface area contributed by atoms with Crippen LogP contribution in [-0.2, 0) is 6.18 Å². The molecule has 152 valence electrons. The summed E-state index contributed by atoms with van der Waals surface area (Å²) >= 11 is 3.19. The fourth-order valence-corrected chi connectivity index (χ4v) is 2.96. The third-order valence-corrected chi connectivity index (χ3v) is 4.36. The van der Waals surface area contributed by atoms with Crippen molar-refractivity contribution < 1.29 is 13.2 Å². The van der Waals surface area contributed by atoms with Crippen LogP contribution in [0.2, 0.25) is 0 Å². The topological polar surface area (TPSA) is 62.7 Å². The summed E-state index contributed by atoms with van der Waals surface area (Å²) in [6.45, 7) is 5.93. The normalized spacial score (nSPS) is 12.0. The van der Waals surface area contributed by atoms with Gasteiger partial charge in [0.15, 0.2) is 0 Å². The predicted molar refractivity (Wildman–Crippen MR) is 111 cm³/mol. The summed E-state index contributed by atoms with van der Waals surface area (Å²) in [5, 5.41) is 6.26. The predicted octanol–water partition coefficient (Wildman–Crippen LogP) is 6.27. The number of pyridine rings is 1. The monoisotopic (exact) mass is 465 g/mol. The molecule has 3 aromatic rings. The molecule has 0 amide bonds. The van der Waals surface area contributed by atoms with Crippen molar-refractivity contribution in [2.24, 2.45) is 0 Å². The number of aromatic nitrogens is 3. The molecule has 5 nitrogen and oxygen atoms in total. The molecule has 0 atom stereocenters. The van der Waals surface area contributed by atoms with Crippen molar-refractivity contribution in [3.8, 4) is 11.4 Å². The molecular weight excluding hydrogens is 447 g/mol. The number of anilines is 3. The van der Waals surface area contributed by atoms with E-state index in [-0.39, 0.29) is 10.0 Å². The second kappa shape index (κ2) is 7.98. The van der Waals surface area contributed by atoms with Crippen molar-refractivity contribution >= 4 is 33.4 Å². The van der Waals surface area contributed by atoms with Crippen LogP contribution in [0.1, 0.15) is 26.3 Å². The highest BCUT2D eigenvalue weighted by Crippen LogP contribution is 2.35. The first-order valence-corrected chi connectivity index (χ1v) is 9.53. The lowest BCUT2D eigenvalue weighted by molar-refractivity contribution is -0.137. The second-order valence-electron chi connectivity index (χ2n) is 7.37. The molecule has 3 rings (SSSR count). The summed E-state index contributed by atoms with van der Waals surface area (Å²) in [6.07, 6.45) is -2.75. The lowest BCUT2D eigenvalue weighted by Gasteiger charge is -2.21. The smallest absolute Gasteiger partial charge is 0.350 e. The van der Waals surface area contributed by atoms with E-state index in [2.05, 4.69) is 41.5 Å². The van der Waals surface area contributed by atoms with Gasteiger partial charge in [0, 0.05) is 22.3 Å². The van der Waals surface area contributed by atoms with Crippen LogP contribution in [0.15, 0.2) is 53.1 Å². The van der Waals surface area contributed by atoms with Gasteiger partial charge in [0.2, 0.25) is 5.95 Å². The van der Waals surface area contributed by atoms with Gasteiger partial charge in [-0.05, 0) is 67.0 Å². The highest BCUT2D eigenvalue weighted by Gasteiger charge is 2.30. The third-order valence-electron chi connectivity index (χ3n) is 3.70. The van der Waals surface area contributed by atoms with Gasteiger partial charge in [-0.1, -0.05) is 6.07 Å². The molecule has 0 unspecified atom stereocenters. The Hall–Kier alpha value is -2.68. The van der Waals surface area contributed by atoms with E-state index in [1.807, 2.05) is 32.9 Å². The van der Waals surface area contributed by atoms with Crippen molar-refractivity contribution in [3.63, 3.8) is 0 Å². The average molecular weight is 466 g/mol. The van der Waals surface area contributed by atoms with E-state index in [1.165, 1.54) is 6.07 Å². The number of halogens is 4. The van der Waals surface area contributed by atoms with E-state index in [0.29, 0.717) is 28.8 Å². The van der Waals surface area contributed by atoms with Crippen LogP contribution >= 0.6 is 15.9 Å². The van der Waals surface area contributed by atoms with Gasteiger partial charge in [0.25, 0.3) is 0 Å². The number of benzene rings is 1. The summed E-state index contributed by atoms with van der Waals surface area (Å²) < 4.78 is 39.0. The maximum atomic E-state index is 12.9. The molecule has 0 radical (unpaired) electrons. The first-order valence-electron chi connectivity index (χ1n) is 8.74. The zero-order chi connectivity index (χ0) is 21.2. The summed E-state index contributed by atoms with van der Waals surface area (Å²) in [6, 6.07) is 10.6. The number of hydrogen-bond donors (Lipinski definition) is 2. The number of hydrogen-bond acceptors (Lipinski definition) is 5. The van der Waals surface area contributed by atoms with Gasteiger partial charge in [-0.3, -0.25) is 4.98 Å². The average Bonchev–Trinajstić information content (AvgIpc) is 2.61. The summed E-state index contributed by atoms with van der Waals surface area (Å²) in [7, 11) is 0. The van der Waals surface area contributed by atoms with Gasteiger partial charge in [-0.15, -0.1) is 0 Å². The van der Waals surface area contributed by atoms with Gasteiger partial charge in [-0.2, -0.15) is 18.2 Å². The van der Waals surface area contributed by atoms with Crippen LogP contribution in [0, 0.1) is 0 Å². The van der Waals surface area contributed by atoms with Crippen molar-refractivity contribution in [1.82, 2.24) is 15.0 Å². The molecule has 29 heavy (non-hydrogen) atoms. The van der Waals surface area contributed by atoms with Crippen LogP contribution in [0.4, 0.5) is 30.6 Å². The van der Waals surface area contributed by atoms with Crippen molar-refractivity contribution in [1.29, 1.82) is 0 Å². The molecule has 0 aliphatic heterocycles. The van der Waals surface area contributed by atoms with E-state index < -0.39 is 11.7 Å². The number of nitrogens with zero attached hydrogens (tertiary/aromatic N) is 3. The first-order chi connectivity index (χ1) is 13.5. The molecule has 2 N–H and O–H groups in total. The van der Waals surface area contributed by atoms with E-state index in [9.17, 15) is 13.2 Å². The Kier molecular flexibility index (Phi) is 5.79. The van der Waals surface area contributed by atoms with Crippen LogP contribution in [-0.4, -0.2) is 20.5 Å². The minimum Gasteiger partial charge on any atom is -0.350 e. The van der Waals surface area contributed by atoms with Gasteiger partial charge in [0.05, 0.1) is 22.6 Å². The van der Waals surface area contributed by atoms with Gasteiger partial charge in [-0.25, -0.2) is 4.98 Å². The summed E-state index contributed by atoms with van der Waals surface area (Å²) in [5.41, 5.74) is 0.668. The lowest BCUT2D eigenvalue weighted by Crippen LogP contribution is -2.27. The Morgan fingerprint density at radius 2 is 1.69 bits per heavy atom. The number of alkyl halides is 3. The zero-order valence-electron chi connectivity index (χ0n) is 16.0. The third kappa shape index (κ3) is 5.66. The maximum absolute atomic E-state index is 12.9. The van der Waals surface area contributed by atoms with E-state index in [1.54, 1.807) is 18.3 Å². The van der Waals surface area contributed by atoms with Crippen LogP contribution in [0.25, 0.3) is 11.4 Å². The Morgan fingerprint density at radius 1 is 0.931 bits per heavy atom. The SMILES string of the molecule is CC(C)(C)Nc1nc(Nc2ccc(C(F)(F)F)cc2Br)cc(-c2ccccn2)n1. The molecule has 0 aliphatic carbocycles. The quantitative estimate of drug-likeness (QED) is 0.474. The molecule has 0 bridgehead atoms. The van der Waals surface area contributed by atoms with Crippen LogP contribution in [0.3, 0.4) is 0 Å². The first kappa shape index (κ1) is 21.0. The molecule has 0 saturated carbocycles. The Balaban J connectivity index is 1.99. The van der Waals surface area contributed by atoms with Crippen molar-refractivity contribution in [2.75, 3.05) is 10.6 Å². The van der Waals surface area contributed by atoms with E-state index in [0.717, 1.165) is 12.1 Å². The van der Waals surface area contributed by atoms with Gasteiger partial charge >= 0.3 is 6.18 Å². The molecular formula is C20H19BrF3N5. The zero-order valence-corrected chi connectivity index (χ0v) is 17.6. The molecule has 2 aromatic heterocycles. The molecule has 2 heterocycles. The van der Waals surface area contributed by atoms with Crippen molar-refractivity contribution in [2.45, 2.75) is 32.5 Å². The maximum Gasteiger partial charge on any atom is 0.416 e. The summed E-state index contributed by atoms with van der Waals surface area (Å²) in [5.74, 6) is 0.805. The van der Waals surface area contributed by atoms with Gasteiger partial charge < -0.3 is 10.6 Å². The van der Waals surface area contributed by atoms with Crippen LogP contribution < -0.4 is 10.6 Å². The highest BCUT2D eigenvalue weighted by atomic mass is 79.9. The Labute approximate surface area is 174 Å². The second-order valence-corrected chi connectivity index (χ2v) is 8.22. The standard InChI is InChI=1S/C20H19BrF3N5/c1-19(2,3)29-18-27-16(15-6-4-5-9-25-15)11-17(28-18)26-14-8-7-12(10-13(14)21)20(22,23)24/h4-11H,1-3H3,(H2,26,27,28,29). The largest absolute Gasteiger partial charge is 0.416 e. The van der Waals surface area contributed by atoms with E-state index in [4.69, 9.17) is 0 Å². The molecule has 0 fully saturated rings. The number of nitrogens with one attached hydrogen (secondary N) is 2. The fraction of sp³-hybridized carbons (Fsp3) is 0.250. The lowest BCUT2D eigenvalue weighted by atomic mass is 10.1. The van der Waals surface area contributed by atoms with Crippen molar-refractivity contribution in [3.05, 3.63) is 58.7 Å². The minimum absolute atomic E-state index is 0.274. The Morgan fingerprint density at radius 3 is 2.28 bits per heavy atom.